The van der Waals surface area contributed by atoms with Crippen LogP contribution in [0.3, 0.4) is 0 Å². The second kappa shape index (κ2) is 7.00. The zero-order chi connectivity index (χ0) is 17.9. The van der Waals surface area contributed by atoms with Crippen molar-refractivity contribution in [1.82, 2.24) is 4.98 Å². The van der Waals surface area contributed by atoms with Gasteiger partial charge in [-0.05, 0) is 44.0 Å². The summed E-state index contributed by atoms with van der Waals surface area (Å²) in [6.07, 6.45) is 4.20. The number of rotatable bonds is 5. The van der Waals surface area contributed by atoms with E-state index in [-0.39, 0.29) is 6.54 Å². The fraction of sp³-hybridized carbons (Fsp3) is 0.294. The summed E-state index contributed by atoms with van der Waals surface area (Å²) >= 11 is 0. The molecule has 1 N–H and O–H groups in total. The lowest BCUT2D eigenvalue weighted by Gasteiger charge is -2.25. The number of benzene rings is 1. The average Bonchev–Trinajstić information content (AvgIpc) is 2.45. The number of carbonyl (C=O) groups is 1. The van der Waals surface area contributed by atoms with E-state index in [0.717, 1.165) is 27.3 Å². The SMILES string of the molecule is Cc1cc(C)c(N(CC(=O)Nc2cccnc2)S(C)(=O)=O)c(C)c1. The number of carbonyl (C=O) groups excluding carboxylic acids is 1. The van der Waals surface area contributed by atoms with Crippen molar-refractivity contribution in [3.63, 3.8) is 0 Å². The van der Waals surface area contributed by atoms with Crippen LogP contribution in [0.15, 0.2) is 36.7 Å². The fourth-order valence-electron chi connectivity index (χ4n) is 2.70. The Morgan fingerprint density at radius 3 is 2.33 bits per heavy atom. The Balaban J connectivity index is 2.33. The van der Waals surface area contributed by atoms with Crippen LogP contribution in [0, 0.1) is 20.8 Å². The molecule has 24 heavy (non-hydrogen) atoms. The monoisotopic (exact) mass is 347 g/mol. The van der Waals surface area contributed by atoms with Gasteiger partial charge in [-0.2, -0.15) is 0 Å². The number of hydrogen-bond donors (Lipinski definition) is 1. The molecule has 0 saturated heterocycles. The molecule has 1 aromatic heterocycles. The lowest BCUT2D eigenvalue weighted by molar-refractivity contribution is -0.114. The number of pyridine rings is 1. The van der Waals surface area contributed by atoms with Gasteiger partial charge < -0.3 is 5.32 Å². The number of amides is 1. The molecule has 0 saturated carbocycles. The Morgan fingerprint density at radius 2 is 1.83 bits per heavy atom. The molecular formula is C17H21N3O3S. The van der Waals surface area contributed by atoms with Crippen molar-refractivity contribution in [1.29, 1.82) is 0 Å². The van der Waals surface area contributed by atoms with Gasteiger partial charge in [-0.3, -0.25) is 14.1 Å². The molecule has 2 aromatic rings. The van der Waals surface area contributed by atoms with E-state index >= 15 is 0 Å². The number of anilines is 2. The third kappa shape index (κ3) is 4.32. The predicted molar refractivity (Wildman–Crippen MR) is 95.7 cm³/mol. The van der Waals surface area contributed by atoms with E-state index in [4.69, 9.17) is 0 Å². The highest BCUT2D eigenvalue weighted by Crippen LogP contribution is 2.28. The molecule has 7 heteroatoms. The number of aromatic nitrogens is 1. The van der Waals surface area contributed by atoms with Gasteiger partial charge in [0.1, 0.15) is 6.54 Å². The van der Waals surface area contributed by atoms with E-state index in [1.807, 2.05) is 32.9 Å². The van der Waals surface area contributed by atoms with Gasteiger partial charge in [-0.1, -0.05) is 17.7 Å². The highest BCUT2D eigenvalue weighted by molar-refractivity contribution is 7.92. The van der Waals surface area contributed by atoms with Gasteiger partial charge in [-0.15, -0.1) is 0 Å². The summed E-state index contributed by atoms with van der Waals surface area (Å²) in [4.78, 5) is 16.2. The topological polar surface area (TPSA) is 79.4 Å². The molecule has 1 aromatic carbocycles. The Kier molecular flexibility index (Phi) is 5.23. The first kappa shape index (κ1) is 17.9. The fourth-order valence-corrected chi connectivity index (χ4v) is 3.67. The minimum absolute atomic E-state index is 0.293. The van der Waals surface area contributed by atoms with Crippen LogP contribution in [0.5, 0.6) is 0 Å². The van der Waals surface area contributed by atoms with Crippen molar-refractivity contribution in [3.05, 3.63) is 53.3 Å². The average molecular weight is 347 g/mol. The Hall–Kier alpha value is -2.41. The summed E-state index contributed by atoms with van der Waals surface area (Å²) in [5.41, 5.74) is 3.74. The van der Waals surface area contributed by atoms with Crippen LogP contribution in [0.4, 0.5) is 11.4 Å². The third-order valence-corrected chi connectivity index (χ3v) is 4.63. The largest absolute Gasteiger partial charge is 0.323 e. The predicted octanol–water partition coefficient (Wildman–Crippen LogP) is 2.41. The Morgan fingerprint density at radius 1 is 1.21 bits per heavy atom. The van der Waals surface area contributed by atoms with Gasteiger partial charge in [0, 0.05) is 6.20 Å². The van der Waals surface area contributed by atoms with Crippen LogP contribution in [0.25, 0.3) is 0 Å². The van der Waals surface area contributed by atoms with Crippen molar-refractivity contribution in [2.24, 2.45) is 0 Å². The molecule has 0 radical (unpaired) electrons. The summed E-state index contributed by atoms with van der Waals surface area (Å²) in [6, 6.07) is 7.19. The highest BCUT2D eigenvalue weighted by Gasteiger charge is 2.24. The zero-order valence-corrected chi connectivity index (χ0v) is 15.0. The van der Waals surface area contributed by atoms with Gasteiger partial charge >= 0.3 is 0 Å². The minimum atomic E-state index is -3.61. The number of sulfonamides is 1. The summed E-state index contributed by atoms with van der Waals surface area (Å²) < 4.78 is 25.6. The molecule has 0 fully saturated rings. The minimum Gasteiger partial charge on any atom is -0.323 e. The van der Waals surface area contributed by atoms with Gasteiger partial charge in [0.05, 0.1) is 23.8 Å². The van der Waals surface area contributed by atoms with E-state index in [1.54, 1.807) is 18.3 Å². The Bertz CT molecular complexity index is 826. The second-order valence-electron chi connectivity index (χ2n) is 5.81. The van der Waals surface area contributed by atoms with Crippen LogP contribution in [-0.2, 0) is 14.8 Å². The van der Waals surface area contributed by atoms with Crippen LogP contribution >= 0.6 is 0 Å². The summed E-state index contributed by atoms with van der Waals surface area (Å²) in [5.74, 6) is -0.423. The first-order chi connectivity index (χ1) is 11.2. The molecule has 0 bridgehead atoms. The molecule has 1 heterocycles. The van der Waals surface area contributed by atoms with Crippen molar-refractivity contribution in [2.45, 2.75) is 20.8 Å². The molecule has 0 aliphatic rings. The van der Waals surface area contributed by atoms with Gasteiger partial charge in [0.2, 0.25) is 15.9 Å². The summed E-state index contributed by atoms with van der Waals surface area (Å²) in [5, 5.41) is 2.66. The summed E-state index contributed by atoms with van der Waals surface area (Å²) in [7, 11) is -3.61. The number of aryl methyl sites for hydroxylation is 3. The molecule has 6 nitrogen and oxygen atoms in total. The molecule has 0 aliphatic carbocycles. The van der Waals surface area contributed by atoms with Gasteiger partial charge in [-0.25, -0.2) is 8.42 Å². The molecule has 0 atom stereocenters. The van der Waals surface area contributed by atoms with Crippen LogP contribution in [-0.4, -0.2) is 32.1 Å². The van der Waals surface area contributed by atoms with Crippen molar-refractivity contribution in [2.75, 3.05) is 22.4 Å². The molecule has 0 spiro atoms. The molecule has 128 valence electrons. The first-order valence-corrected chi connectivity index (χ1v) is 9.29. The van der Waals surface area contributed by atoms with Crippen LogP contribution in [0.2, 0.25) is 0 Å². The van der Waals surface area contributed by atoms with Gasteiger partial charge in [0.15, 0.2) is 0 Å². The van der Waals surface area contributed by atoms with Crippen molar-refractivity contribution in [3.8, 4) is 0 Å². The molecule has 2 rings (SSSR count). The quantitative estimate of drug-likeness (QED) is 0.901. The third-order valence-electron chi connectivity index (χ3n) is 3.52. The van der Waals surface area contributed by atoms with Crippen molar-refractivity contribution >= 4 is 27.3 Å². The first-order valence-electron chi connectivity index (χ1n) is 7.44. The van der Waals surface area contributed by atoms with E-state index in [1.165, 1.54) is 6.20 Å². The molecule has 1 amide bonds. The standard InChI is InChI=1S/C17H21N3O3S/c1-12-8-13(2)17(14(3)9-12)20(24(4,22)23)11-16(21)19-15-6-5-7-18-10-15/h5-10H,11H2,1-4H3,(H,19,21). The lowest BCUT2D eigenvalue weighted by Crippen LogP contribution is -2.38. The number of hydrogen-bond acceptors (Lipinski definition) is 4. The van der Waals surface area contributed by atoms with Crippen LogP contribution in [0.1, 0.15) is 16.7 Å². The molecular weight excluding hydrogens is 326 g/mol. The number of nitrogens with zero attached hydrogens (tertiary/aromatic N) is 2. The molecule has 0 unspecified atom stereocenters. The maximum absolute atomic E-state index is 12.3. The smallest absolute Gasteiger partial charge is 0.245 e. The lowest BCUT2D eigenvalue weighted by atomic mass is 10.1. The van der Waals surface area contributed by atoms with Gasteiger partial charge in [0.25, 0.3) is 0 Å². The maximum atomic E-state index is 12.3. The normalized spacial score (nSPS) is 11.2. The van der Waals surface area contributed by atoms with E-state index in [0.29, 0.717) is 11.4 Å². The highest BCUT2D eigenvalue weighted by atomic mass is 32.2. The van der Waals surface area contributed by atoms with E-state index in [9.17, 15) is 13.2 Å². The second-order valence-corrected chi connectivity index (χ2v) is 7.71. The van der Waals surface area contributed by atoms with Crippen molar-refractivity contribution < 1.29 is 13.2 Å². The zero-order valence-electron chi connectivity index (χ0n) is 14.2. The van der Waals surface area contributed by atoms with E-state index < -0.39 is 15.9 Å². The number of nitrogens with one attached hydrogen (secondary N) is 1. The maximum Gasteiger partial charge on any atom is 0.245 e. The van der Waals surface area contributed by atoms with E-state index in [2.05, 4.69) is 10.3 Å². The van der Waals surface area contributed by atoms with Crippen LogP contribution < -0.4 is 9.62 Å². The Labute approximate surface area is 142 Å². The molecule has 0 aliphatic heterocycles. The summed E-state index contributed by atoms with van der Waals surface area (Å²) in [6.45, 7) is 5.33.